The zero-order valence-corrected chi connectivity index (χ0v) is 10.8. The van der Waals surface area contributed by atoms with Crippen LogP contribution in [0.15, 0.2) is 30.3 Å². The second kappa shape index (κ2) is 5.23. The zero-order valence-electron chi connectivity index (χ0n) is 10.8. The summed E-state index contributed by atoms with van der Waals surface area (Å²) in [5.41, 5.74) is 1.35. The first-order chi connectivity index (χ1) is 8.84. The molecule has 96 valence electrons. The van der Waals surface area contributed by atoms with Gasteiger partial charge in [0.05, 0.1) is 0 Å². The average molecular weight is 243 g/mol. The average Bonchev–Trinajstić information content (AvgIpc) is 3.21. The van der Waals surface area contributed by atoms with Crippen LogP contribution in [0.4, 0.5) is 0 Å². The van der Waals surface area contributed by atoms with Crippen molar-refractivity contribution < 1.29 is 4.79 Å². The van der Waals surface area contributed by atoms with Gasteiger partial charge < -0.3 is 5.32 Å². The van der Waals surface area contributed by atoms with Gasteiger partial charge >= 0.3 is 0 Å². The Kier molecular flexibility index (Phi) is 3.46. The van der Waals surface area contributed by atoms with Crippen molar-refractivity contribution in [3.8, 4) is 0 Å². The summed E-state index contributed by atoms with van der Waals surface area (Å²) in [6.07, 6.45) is 4.24. The van der Waals surface area contributed by atoms with Gasteiger partial charge in [-0.25, -0.2) is 0 Å². The maximum Gasteiger partial charge on any atom is 0.136 e. The van der Waals surface area contributed by atoms with Crippen LogP contribution in [-0.2, 0) is 4.79 Å². The summed E-state index contributed by atoms with van der Waals surface area (Å²) in [4.78, 5) is 12.2. The minimum atomic E-state index is 0.322. The number of hydrogen-bond acceptors (Lipinski definition) is 2. The van der Waals surface area contributed by atoms with Crippen LogP contribution in [-0.4, -0.2) is 18.9 Å². The van der Waals surface area contributed by atoms with Crippen LogP contribution in [0.3, 0.4) is 0 Å². The van der Waals surface area contributed by atoms with E-state index in [-0.39, 0.29) is 0 Å². The Morgan fingerprint density at radius 1 is 1.17 bits per heavy atom. The molecule has 0 bridgehead atoms. The molecule has 2 heteroatoms. The predicted octanol–water partition coefficient (Wildman–Crippen LogP) is 2.75. The maximum absolute atomic E-state index is 12.2. The van der Waals surface area contributed by atoms with Crippen molar-refractivity contribution in [2.75, 3.05) is 13.1 Å². The highest BCUT2D eigenvalue weighted by molar-refractivity contribution is 5.85. The Hall–Kier alpha value is -1.15. The SMILES string of the molecule is O=C(CC1CCNCC1)C1CC1c1ccccc1. The Morgan fingerprint density at radius 2 is 1.89 bits per heavy atom. The highest BCUT2D eigenvalue weighted by Crippen LogP contribution is 2.48. The molecule has 1 aromatic carbocycles. The van der Waals surface area contributed by atoms with E-state index in [4.69, 9.17) is 0 Å². The van der Waals surface area contributed by atoms with Crippen LogP contribution in [0.5, 0.6) is 0 Å². The molecule has 2 nitrogen and oxygen atoms in total. The van der Waals surface area contributed by atoms with Gasteiger partial charge in [-0.3, -0.25) is 4.79 Å². The predicted molar refractivity (Wildman–Crippen MR) is 72.5 cm³/mol. The van der Waals surface area contributed by atoms with Gasteiger partial charge in [0.15, 0.2) is 0 Å². The van der Waals surface area contributed by atoms with E-state index in [1.165, 1.54) is 18.4 Å². The van der Waals surface area contributed by atoms with Crippen LogP contribution in [0.25, 0.3) is 0 Å². The molecule has 1 aliphatic heterocycles. The van der Waals surface area contributed by atoms with Crippen LogP contribution in [0, 0.1) is 11.8 Å². The number of carbonyl (C=O) groups is 1. The lowest BCUT2D eigenvalue weighted by molar-refractivity contribution is -0.121. The number of benzene rings is 1. The fraction of sp³-hybridized carbons (Fsp3) is 0.562. The minimum Gasteiger partial charge on any atom is -0.317 e. The minimum absolute atomic E-state index is 0.322. The lowest BCUT2D eigenvalue weighted by Crippen LogP contribution is -2.29. The van der Waals surface area contributed by atoms with Crippen molar-refractivity contribution >= 4 is 5.78 Å². The first-order valence-electron chi connectivity index (χ1n) is 7.13. The fourth-order valence-corrected chi connectivity index (χ4v) is 3.14. The smallest absolute Gasteiger partial charge is 0.136 e. The molecule has 2 unspecified atom stereocenters. The van der Waals surface area contributed by atoms with Crippen molar-refractivity contribution in [3.63, 3.8) is 0 Å². The van der Waals surface area contributed by atoms with E-state index in [1.807, 2.05) is 6.07 Å². The maximum atomic E-state index is 12.2. The topological polar surface area (TPSA) is 29.1 Å². The molecule has 3 rings (SSSR count). The molecule has 2 fully saturated rings. The van der Waals surface area contributed by atoms with Crippen LogP contribution >= 0.6 is 0 Å². The third-order valence-corrected chi connectivity index (χ3v) is 4.38. The van der Waals surface area contributed by atoms with E-state index >= 15 is 0 Å². The molecule has 0 aromatic heterocycles. The molecule has 1 heterocycles. The largest absolute Gasteiger partial charge is 0.317 e. The van der Waals surface area contributed by atoms with Gasteiger partial charge in [-0.15, -0.1) is 0 Å². The lowest BCUT2D eigenvalue weighted by Gasteiger charge is -2.21. The number of rotatable bonds is 4. The molecule has 2 aliphatic rings. The van der Waals surface area contributed by atoms with Crippen molar-refractivity contribution in [2.45, 2.75) is 31.6 Å². The van der Waals surface area contributed by atoms with Gasteiger partial charge in [-0.1, -0.05) is 30.3 Å². The summed E-state index contributed by atoms with van der Waals surface area (Å²) in [6, 6.07) is 10.5. The first kappa shape index (κ1) is 11.9. The molecule has 0 spiro atoms. The molecular formula is C16H21NO. The number of hydrogen-bond donors (Lipinski definition) is 1. The van der Waals surface area contributed by atoms with Crippen LogP contribution in [0.1, 0.15) is 37.2 Å². The zero-order chi connectivity index (χ0) is 12.4. The van der Waals surface area contributed by atoms with E-state index in [0.717, 1.165) is 25.9 Å². The van der Waals surface area contributed by atoms with Gasteiger partial charge in [-0.05, 0) is 49.8 Å². The Balaban J connectivity index is 1.53. The summed E-state index contributed by atoms with van der Waals surface area (Å²) in [5, 5.41) is 3.36. The van der Waals surface area contributed by atoms with Crippen molar-refractivity contribution in [2.24, 2.45) is 11.8 Å². The molecule has 18 heavy (non-hydrogen) atoms. The monoisotopic (exact) mass is 243 g/mol. The van der Waals surface area contributed by atoms with Crippen molar-refractivity contribution in [1.29, 1.82) is 0 Å². The van der Waals surface area contributed by atoms with E-state index in [2.05, 4.69) is 29.6 Å². The van der Waals surface area contributed by atoms with Gasteiger partial charge in [0.25, 0.3) is 0 Å². The number of piperidine rings is 1. The summed E-state index contributed by atoms with van der Waals surface area (Å²) in [7, 11) is 0. The molecule has 1 aromatic rings. The number of ketones is 1. The number of carbonyl (C=O) groups excluding carboxylic acids is 1. The van der Waals surface area contributed by atoms with Crippen LogP contribution < -0.4 is 5.32 Å². The van der Waals surface area contributed by atoms with E-state index < -0.39 is 0 Å². The summed E-state index contributed by atoms with van der Waals surface area (Å²) in [6.45, 7) is 2.18. The Morgan fingerprint density at radius 3 is 2.61 bits per heavy atom. The van der Waals surface area contributed by atoms with Gasteiger partial charge in [-0.2, -0.15) is 0 Å². The summed E-state index contributed by atoms with van der Waals surface area (Å²) in [5.74, 6) is 1.98. The lowest BCUT2D eigenvalue weighted by atomic mass is 9.91. The van der Waals surface area contributed by atoms with E-state index in [1.54, 1.807) is 0 Å². The molecule has 1 saturated carbocycles. The molecule has 2 atom stereocenters. The highest BCUT2D eigenvalue weighted by Gasteiger charge is 2.43. The molecule has 1 aliphatic carbocycles. The second-order valence-electron chi connectivity index (χ2n) is 5.72. The number of nitrogens with one attached hydrogen (secondary N) is 1. The van der Waals surface area contributed by atoms with E-state index in [9.17, 15) is 4.79 Å². The third kappa shape index (κ3) is 2.64. The summed E-state index contributed by atoms with van der Waals surface area (Å²) < 4.78 is 0. The number of Topliss-reactive ketones (excluding diaryl/α,β-unsaturated/α-hetero) is 1. The second-order valence-corrected chi connectivity index (χ2v) is 5.72. The molecule has 1 N–H and O–H groups in total. The van der Waals surface area contributed by atoms with Gasteiger partial charge in [0.1, 0.15) is 5.78 Å². The standard InChI is InChI=1S/C16H21NO/c18-16(10-12-6-8-17-9-7-12)15-11-14(15)13-4-2-1-3-5-13/h1-5,12,14-15,17H,6-11H2. The summed E-state index contributed by atoms with van der Waals surface area (Å²) >= 11 is 0. The quantitative estimate of drug-likeness (QED) is 0.881. The first-order valence-corrected chi connectivity index (χ1v) is 7.13. The molecular weight excluding hydrogens is 222 g/mol. The Labute approximate surface area is 109 Å². The van der Waals surface area contributed by atoms with Gasteiger partial charge in [0.2, 0.25) is 0 Å². The third-order valence-electron chi connectivity index (χ3n) is 4.38. The molecule has 1 saturated heterocycles. The normalized spacial score (nSPS) is 28.0. The molecule has 0 radical (unpaired) electrons. The van der Waals surface area contributed by atoms with Crippen molar-refractivity contribution in [1.82, 2.24) is 5.32 Å². The highest BCUT2D eigenvalue weighted by atomic mass is 16.1. The van der Waals surface area contributed by atoms with Gasteiger partial charge in [0, 0.05) is 12.3 Å². The Bertz CT molecular complexity index is 408. The molecule has 0 amide bonds. The van der Waals surface area contributed by atoms with Crippen LogP contribution in [0.2, 0.25) is 0 Å². The van der Waals surface area contributed by atoms with E-state index in [0.29, 0.717) is 23.5 Å². The van der Waals surface area contributed by atoms with Crippen molar-refractivity contribution in [3.05, 3.63) is 35.9 Å². The fourth-order valence-electron chi connectivity index (χ4n) is 3.14.